The highest BCUT2D eigenvalue weighted by molar-refractivity contribution is 6.31. The lowest BCUT2D eigenvalue weighted by molar-refractivity contribution is -0.124. The van der Waals surface area contributed by atoms with E-state index in [1.54, 1.807) is 30.1 Å². The van der Waals surface area contributed by atoms with Crippen molar-refractivity contribution in [1.29, 1.82) is 0 Å². The lowest BCUT2D eigenvalue weighted by Crippen LogP contribution is -2.50. The van der Waals surface area contributed by atoms with E-state index < -0.39 is 5.54 Å². The van der Waals surface area contributed by atoms with Gasteiger partial charge in [-0.1, -0.05) is 31.4 Å². The molecule has 0 bridgehead atoms. The van der Waals surface area contributed by atoms with Crippen LogP contribution >= 0.6 is 11.6 Å². The second kappa shape index (κ2) is 10.0. The number of methoxy groups -OCH3 is 1. The van der Waals surface area contributed by atoms with E-state index in [1.165, 1.54) is 7.11 Å². The smallest absolute Gasteiger partial charge is 0.238 e. The number of ether oxygens (including phenoxy) is 1. The van der Waals surface area contributed by atoms with Crippen molar-refractivity contribution in [2.75, 3.05) is 32.6 Å². The second-order valence-electron chi connectivity index (χ2n) is 6.05. The molecule has 0 heterocycles. The van der Waals surface area contributed by atoms with Crippen molar-refractivity contribution >= 4 is 29.1 Å². The van der Waals surface area contributed by atoms with E-state index in [0.29, 0.717) is 29.3 Å². The van der Waals surface area contributed by atoms with Crippen molar-refractivity contribution in [1.82, 2.24) is 10.2 Å². The Morgan fingerprint density at radius 1 is 1.27 bits per heavy atom. The molecule has 0 saturated carbocycles. The summed E-state index contributed by atoms with van der Waals surface area (Å²) >= 11 is 5.95. The lowest BCUT2D eigenvalue weighted by atomic mass is 9.94. The van der Waals surface area contributed by atoms with Crippen molar-refractivity contribution in [3.8, 4) is 18.1 Å². The minimum absolute atomic E-state index is 0.0321. The highest BCUT2D eigenvalue weighted by Crippen LogP contribution is 2.27. The third kappa shape index (κ3) is 6.25. The molecule has 26 heavy (non-hydrogen) atoms. The van der Waals surface area contributed by atoms with Crippen LogP contribution in [0.2, 0.25) is 5.02 Å². The number of nitrogens with zero attached hydrogens (tertiary/aromatic N) is 1. The molecule has 0 saturated heterocycles. The van der Waals surface area contributed by atoms with Crippen LogP contribution in [0.25, 0.3) is 0 Å². The SMILES string of the molecule is C#CC(CC)(CC)NC(=O)CN(C)CC(=O)Nc1cc(Cl)ccc1OC. The van der Waals surface area contributed by atoms with Crippen LogP contribution in [0.4, 0.5) is 5.69 Å². The van der Waals surface area contributed by atoms with Crippen LogP contribution in [-0.4, -0.2) is 49.5 Å². The Bertz CT molecular complexity index is 681. The minimum atomic E-state index is -0.645. The molecule has 0 unspecified atom stereocenters. The van der Waals surface area contributed by atoms with E-state index in [2.05, 4.69) is 16.6 Å². The first kappa shape index (κ1) is 21.8. The number of hydrogen-bond acceptors (Lipinski definition) is 4. The summed E-state index contributed by atoms with van der Waals surface area (Å²) < 4.78 is 5.19. The van der Waals surface area contributed by atoms with E-state index in [-0.39, 0.29) is 24.9 Å². The third-order valence-corrected chi connectivity index (χ3v) is 4.36. The first-order chi connectivity index (χ1) is 12.3. The predicted molar refractivity (Wildman–Crippen MR) is 104 cm³/mol. The Balaban J connectivity index is 2.61. The number of hydrogen-bond donors (Lipinski definition) is 2. The molecule has 7 heteroatoms. The third-order valence-electron chi connectivity index (χ3n) is 4.12. The van der Waals surface area contributed by atoms with Gasteiger partial charge in [0, 0.05) is 5.02 Å². The number of halogens is 1. The van der Waals surface area contributed by atoms with Gasteiger partial charge in [-0.2, -0.15) is 0 Å². The molecular weight excluding hydrogens is 354 g/mol. The standard InChI is InChI=1S/C19H26ClN3O3/c1-6-19(7-2,8-3)22-18(25)13-23(4)12-17(24)21-15-11-14(20)9-10-16(15)26-5/h1,9-11H,7-8,12-13H2,2-5H3,(H,21,24)(H,22,25). The van der Waals surface area contributed by atoms with Gasteiger partial charge in [0.15, 0.2) is 0 Å². The monoisotopic (exact) mass is 379 g/mol. The molecule has 0 atom stereocenters. The number of carbonyl (C=O) groups is 2. The van der Waals surface area contributed by atoms with Gasteiger partial charge in [-0.25, -0.2) is 0 Å². The Morgan fingerprint density at radius 3 is 2.42 bits per heavy atom. The summed E-state index contributed by atoms with van der Waals surface area (Å²) in [5, 5.41) is 6.09. The zero-order chi connectivity index (χ0) is 19.7. The molecule has 0 aliphatic heterocycles. The maximum atomic E-state index is 12.2. The maximum absolute atomic E-state index is 12.2. The number of terminal acetylenes is 1. The highest BCUT2D eigenvalue weighted by atomic mass is 35.5. The molecule has 1 aromatic carbocycles. The Labute approximate surface area is 160 Å². The largest absolute Gasteiger partial charge is 0.495 e. The van der Waals surface area contributed by atoms with E-state index in [0.717, 1.165) is 0 Å². The topological polar surface area (TPSA) is 70.7 Å². The van der Waals surface area contributed by atoms with Gasteiger partial charge in [0.25, 0.3) is 0 Å². The summed E-state index contributed by atoms with van der Waals surface area (Å²) in [6, 6.07) is 4.95. The van der Waals surface area contributed by atoms with Crippen molar-refractivity contribution in [2.45, 2.75) is 32.2 Å². The summed E-state index contributed by atoms with van der Waals surface area (Å²) in [5.41, 5.74) is -0.167. The lowest BCUT2D eigenvalue weighted by Gasteiger charge is -2.28. The van der Waals surface area contributed by atoms with Crippen LogP contribution < -0.4 is 15.4 Å². The van der Waals surface area contributed by atoms with E-state index in [1.807, 2.05) is 13.8 Å². The number of carbonyl (C=O) groups excluding carboxylic acids is 2. The zero-order valence-corrected chi connectivity index (χ0v) is 16.4. The number of anilines is 1. The van der Waals surface area contributed by atoms with Crippen LogP contribution in [0.3, 0.4) is 0 Å². The molecule has 0 fully saturated rings. The summed E-state index contributed by atoms with van der Waals surface area (Å²) in [4.78, 5) is 26.0. The second-order valence-corrected chi connectivity index (χ2v) is 6.48. The summed E-state index contributed by atoms with van der Waals surface area (Å²) in [6.45, 7) is 3.95. The molecule has 0 aliphatic carbocycles. The summed E-state index contributed by atoms with van der Waals surface area (Å²) in [7, 11) is 3.19. The summed E-state index contributed by atoms with van der Waals surface area (Å²) in [5.74, 6) is 2.66. The summed E-state index contributed by atoms with van der Waals surface area (Å²) in [6.07, 6.45) is 6.84. The fourth-order valence-corrected chi connectivity index (χ4v) is 2.66. The first-order valence-corrected chi connectivity index (χ1v) is 8.77. The quantitative estimate of drug-likeness (QED) is 0.647. The zero-order valence-electron chi connectivity index (χ0n) is 15.7. The van der Waals surface area contributed by atoms with E-state index in [4.69, 9.17) is 22.8 Å². The van der Waals surface area contributed by atoms with Crippen molar-refractivity contribution in [3.63, 3.8) is 0 Å². The Hall–Kier alpha value is -2.23. The molecule has 1 aromatic rings. The van der Waals surface area contributed by atoms with Gasteiger partial charge >= 0.3 is 0 Å². The van der Waals surface area contributed by atoms with Crippen LogP contribution in [0.1, 0.15) is 26.7 Å². The average Bonchev–Trinajstić information content (AvgIpc) is 2.59. The molecule has 0 aromatic heterocycles. The molecule has 2 N–H and O–H groups in total. The van der Waals surface area contributed by atoms with Gasteiger partial charge in [-0.15, -0.1) is 6.42 Å². The van der Waals surface area contributed by atoms with Crippen LogP contribution in [-0.2, 0) is 9.59 Å². The fraction of sp³-hybridized carbons (Fsp3) is 0.474. The Morgan fingerprint density at radius 2 is 1.88 bits per heavy atom. The average molecular weight is 380 g/mol. The molecular formula is C19H26ClN3O3. The van der Waals surface area contributed by atoms with Crippen LogP contribution in [0.5, 0.6) is 5.75 Å². The molecule has 6 nitrogen and oxygen atoms in total. The molecule has 0 aliphatic rings. The molecule has 0 spiro atoms. The van der Waals surface area contributed by atoms with Gasteiger partial charge in [-0.05, 0) is 38.1 Å². The number of likely N-dealkylation sites (N-methyl/N-ethyl adjacent to an activating group) is 1. The molecule has 2 amide bonds. The molecule has 1 rings (SSSR count). The van der Waals surface area contributed by atoms with Gasteiger partial charge in [0.2, 0.25) is 11.8 Å². The highest BCUT2D eigenvalue weighted by Gasteiger charge is 2.25. The minimum Gasteiger partial charge on any atom is -0.495 e. The van der Waals surface area contributed by atoms with Crippen LogP contribution in [0.15, 0.2) is 18.2 Å². The van der Waals surface area contributed by atoms with Crippen molar-refractivity contribution in [2.24, 2.45) is 0 Å². The van der Waals surface area contributed by atoms with Gasteiger partial charge in [-0.3, -0.25) is 14.5 Å². The Kier molecular flexibility index (Phi) is 8.43. The van der Waals surface area contributed by atoms with Gasteiger partial charge in [0.05, 0.1) is 25.9 Å². The number of rotatable bonds is 9. The normalized spacial score (nSPS) is 11.0. The van der Waals surface area contributed by atoms with Crippen molar-refractivity contribution < 1.29 is 14.3 Å². The fourth-order valence-electron chi connectivity index (χ4n) is 2.49. The number of nitrogens with one attached hydrogen (secondary N) is 2. The van der Waals surface area contributed by atoms with Crippen LogP contribution in [0, 0.1) is 12.3 Å². The molecule has 0 radical (unpaired) electrons. The molecule has 142 valence electrons. The first-order valence-electron chi connectivity index (χ1n) is 8.39. The van der Waals surface area contributed by atoms with Crippen molar-refractivity contribution in [3.05, 3.63) is 23.2 Å². The van der Waals surface area contributed by atoms with E-state index in [9.17, 15) is 9.59 Å². The van der Waals surface area contributed by atoms with Gasteiger partial charge in [0.1, 0.15) is 11.3 Å². The predicted octanol–water partition coefficient (Wildman–Crippen LogP) is 2.53. The number of benzene rings is 1. The van der Waals surface area contributed by atoms with Gasteiger partial charge < -0.3 is 15.4 Å². The van der Waals surface area contributed by atoms with E-state index >= 15 is 0 Å². The maximum Gasteiger partial charge on any atom is 0.238 e. The number of amides is 2.